The number of ether oxygens (including phenoxy) is 1. The topological polar surface area (TPSA) is 92.6 Å². The number of halogens is 1. The van der Waals surface area contributed by atoms with E-state index < -0.39 is 17.9 Å². The number of methoxy groups -OCH3 is 1. The van der Waals surface area contributed by atoms with E-state index in [1.807, 2.05) is 0 Å². The Hall–Kier alpha value is -3.03. The zero-order chi connectivity index (χ0) is 17.5. The van der Waals surface area contributed by atoms with E-state index in [0.717, 1.165) is 6.07 Å². The number of furan rings is 1. The Morgan fingerprint density at radius 3 is 2.79 bits per heavy atom. The Balaban J connectivity index is 1.86. The van der Waals surface area contributed by atoms with Gasteiger partial charge >= 0.3 is 6.03 Å². The molecule has 8 heteroatoms. The fraction of sp³-hybridized carbons (Fsp3) is 0.250. The van der Waals surface area contributed by atoms with Crippen LogP contribution in [-0.4, -0.2) is 25.1 Å². The second-order valence-electron chi connectivity index (χ2n) is 4.96. The van der Waals surface area contributed by atoms with Crippen molar-refractivity contribution in [3.05, 3.63) is 48.2 Å². The van der Waals surface area contributed by atoms with Crippen LogP contribution >= 0.6 is 0 Å². The molecule has 1 heterocycles. The third-order valence-electron chi connectivity index (χ3n) is 3.17. The van der Waals surface area contributed by atoms with Crippen LogP contribution in [0, 0.1) is 5.82 Å². The van der Waals surface area contributed by atoms with Crippen molar-refractivity contribution in [2.45, 2.75) is 19.5 Å². The van der Waals surface area contributed by atoms with Gasteiger partial charge in [-0.1, -0.05) is 0 Å². The minimum atomic E-state index is -0.772. The highest BCUT2D eigenvalue weighted by Crippen LogP contribution is 2.24. The van der Waals surface area contributed by atoms with Crippen LogP contribution in [0.4, 0.5) is 14.9 Å². The molecule has 0 saturated heterocycles. The molecular weight excluding hydrogens is 317 g/mol. The van der Waals surface area contributed by atoms with E-state index in [-0.39, 0.29) is 18.2 Å². The van der Waals surface area contributed by atoms with Crippen molar-refractivity contribution in [1.82, 2.24) is 10.6 Å². The van der Waals surface area contributed by atoms with Crippen molar-refractivity contribution in [2.24, 2.45) is 0 Å². The summed E-state index contributed by atoms with van der Waals surface area (Å²) in [6.45, 7) is 1.77. The zero-order valence-corrected chi connectivity index (χ0v) is 13.3. The van der Waals surface area contributed by atoms with Gasteiger partial charge < -0.3 is 25.1 Å². The van der Waals surface area contributed by atoms with Gasteiger partial charge in [0.15, 0.2) is 0 Å². The summed E-state index contributed by atoms with van der Waals surface area (Å²) in [4.78, 5) is 23.9. The lowest BCUT2D eigenvalue weighted by molar-refractivity contribution is -0.122. The van der Waals surface area contributed by atoms with Gasteiger partial charge in [-0.25, -0.2) is 9.18 Å². The predicted octanol–water partition coefficient (Wildman–Crippen LogP) is 2.25. The van der Waals surface area contributed by atoms with Crippen molar-refractivity contribution in [3.8, 4) is 5.75 Å². The minimum Gasteiger partial charge on any atom is -0.494 e. The standard InChI is InChI=1S/C16H18FN3O4/c1-10(15(21)18-9-12-4-3-7-24-12)19-16(22)20-13-6-5-11(17)8-14(13)23-2/h3-8,10H,9H2,1-2H3,(H,18,21)(H2,19,20,22)/t10-/m0/s1. The number of benzene rings is 1. The fourth-order valence-corrected chi connectivity index (χ4v) is 1.93. The molecule has 128 valence electrons. The quantitative estimate of drug-likeness (QED) is 0.755. The van der Waals surface area contributed by atoms with Gasteiger partial charge in [-0.05, 0) is 31.2 Å². The number of hydrogen-bond acceptors (Lipinski definition) is 4. The Kier molecular flexibility index (Phi) is 5.78. The van der Waals surface area contributed by atoms with Gasteiger partial charge in [0.25, 0.3) is 0 Å². The lowest BCUT2D eigenvalue weighted by Gasteiger charge is -2.15. The first-order valence-corrected chi connectivity index (χ1v) is 7.20. The molecule has 3 amide bonds. The number of amides is 3. The van der Waals surface area contributed by atoms with E-state index >= 15 is 0 Å². The van der Waals surface area contributed by atoms with Crippen LogP contribution in [0.3, 0.4) is 0 Å². The molecule has 2 rings (SSSR count). The predicted molar refractivity (Wildman–Crippen MR) is 85.1 cm³/mol. The molecular formula is C16H18FN3O4. The fourth-order valence-electron chi connectivity index (χ4n) is 1.93. The first kappa shape index (κ1) is 17.3. The maximum Gasteiger partial charge on any atom is 0.319 e. The molecule has 1 atom stereocenters. The normalized spacial score (nSPS) is 11.5. The van der Waals surface area contributed by atoms with Gasteiger partial charge in [-0.2, -0.15) is 0 Å². The number of urea groups is 1. The van der Waals surface area contributed by atoms with Crippen molar-refractivity contribution in [1.29, 1.82) is 0 Å². The number of hydrogen-bond donors (Lipinski definition) is 3. The lowest BCUT2D eigenvalue weighted by atomic mass is 10.3. The van der Waals surface area contributed by atoms with E-state index in [1.165, 1.54) is 25.5 Å². The molecule has 0 saturated carbocycles. The van der Waals surface area contributed by atoms with Crippen molar-refractivity contribution in [2.75, 3.05) is 12.4 Å². The van der Waals surface area contributed by atoms with Crippen molar-refractivity contribution >= 4 is 17.6 Å². The van der Waals surface area contributed by atoms with Crippen LogP contribution in [-0.2, 0) is 11.3 Å². The molecule has 0 radical (unpaired) electrons. The summed E-state index contributed by atoms with van der Waals surface area (Å²) in [5, 5.41) is 7.62. The van der Waals surface area contributed by atoms with E-state index in [4.69, 9.17) is 9.15 Å². The number of nitrogens with one attached hydrogen (secondary N) is 3. The third-order valence-corrected chi connectivity index (χ3v) is 3.17. The molecule has 0 fully saturated rings. The monoisotopic (exact) mass is 335 g/mol. The van der Waals surface area contributed by atoms with Gasteiger partial charge in [-0.15, -0.1) is 0 Å². The average molecular weight is 335 g/mol. The Bertz CT molecular complexity index is 703. The number of anilines is 1. The minimum absolute atomic E-state index is 0.181. The molecule has 24 heavy (non-hydrogen) atoms. The molecule has 0 unspecified atom stereocenters. The summed E-state index contributed by atoms with van der Waals surface area (Å²) in [6.07, 6.45) is 1.51. The van der Waals surface area contributed by atoms with Crippen LogP contribution in [0.2, 0.25) is 0 Å². The zero-order valence-electron chi connectivity index (χ0n) is 13.3. The van der Waals surface area contributed by atoms with E-state index in [0.29, 0.717) is 11.4 Å². The maximum atomic E-state index is 13.1. The second-order valence-corrected chi connectivity index (χ2v) is 4.96. The van der Waals surface area contributed by atoms with E-state index in [1.54, 1.807) is 19.1 Å². The average Bonchev–Trinajstić information content (AvgIpc) is 3.07. The van der Waals surface area contributed by atoms with Crippen LogP contribution in [0.5, 0.6) is 5.75 Å². The highest BCUT2D eigenvalue weighted by molar-refractivity contribution is 5.94. The van der Waals surface area contributed by atoms with Gasteiger partial charge in [-0.3, -0.25) is 4.79 Å². The highest BCUT2D eigenvalue weighted by Gasteiger charge is 2.16. The van der Waals surface area contributed by atoms with Gasteiger partial charge in [0.1, 0.15) is 23.4 Å². The summed E-state index contributed by atoms with van der Waals surface area (Å²) in [5.41, 5.74) is 0.291. The first-order valence-electron chi connectivity index (χ1n) is 7.20. The summed E-state index contributed by atoms with van der Waals surface area (Å²) in [6, 6.07) is 5.77. The molecule has 0 bridgehead atoms. The molecule has 1 aromatic carbocycles. The largest absolute Gasteiger partial charge is 0.494 e. The SMILES string of the molecule is COc1cc(F)ccc1NC(=O)N[C@@H](C)C(=O)NCc1ccco1. The summed E-state index contributed by atoms with van der Waals surface area (Å²) in [5.74, 6) is -0.0628. The third kappa shape index (κ3) is 4.73. The van der Waals surface area contributed by atoms with Crippen LogP contribution in [0.15, 0.2) is 41.0 Å². The van der Waals surface area contributed by atoms with E-state index in [2.05, 4.69) is 16.0 Å². The molecule has 2 aromatic rings. The van der Waals surface area contributed by atoms with Gasteiger partial charge in [0.2, 0.25) is 5.91 Å². The Labute approximate surface area is 138 Å². The Morgan fingerprint density at radius 2 is 2.12 bits per heavy atom. The summed E-state index contributed by atoms with van der Waals surface area (Å²) < 4.78 is 23.2. The van der Waals surface area contributed by atoms with Crippen LogP contribution in [0.25, 0.3) is 0 Å². The molecule has 0 aliphatic carbocycles. The molecule has 1 aromatic heterocycles. The van der Waals surface area contributed by atoms with Gasteiger partial charge in [0.05, 0.1) is 25.6 Å². The lowest BCUT2D eigenvalue weighted by Crippen LogP contribution is -2.46. The van der Waals surface area contributed by atoms with Crippen molar-refractivity contribution in [3.63, 3.8) is 0 Å². The number of rotatable bonds is 6. The van der Waals surface area contributed by atoms with Crippen LogP contribution in [0.1, 0.15) is 12.7 Å². The van der Waals surface area contributed by atoms with Crippen molar-refractivity contribution < 1.29 is 23.1 Å². The molecule has 7 nitrogen and oxygen atoms in total. The van der Waals surface area contributed by atoms with E-state index in [9.17, 15) is 14.0 Å². The number of carbonyl (C=O) groups excluding carboxylic acids is 2. The summed E-state index contributed by atoms with van der Waals surface area (Å²) >= 11 is 0. The summed E-state index contributed by atoms with van der Waals surface area (Å²) in [7, 11) is 1.36. The second kappa shape index (κ2) is 8.00. The molecule has 0 aliphatic heterocycles. The molecule has 0 aliphatic rings. The number of carbonyl (C=O) groups is 2. The molecule has 3 N–H and O–H groups in total. The van der Waals surface area contributed by atoms with Gasteiger partial charge in [0, 0.05) is 6.07 Å². The highest BCUT2D eigenvalue weighted by atomic mass is 19.1. The Morgan fingerprint density at radius 1 is 1.33 bits per heavy atom. The smallest absolute Gasteiger partial charge is 0.319 e. The maximum absolute atomic E-state index is 13.1. The van der Waals surface area contributed by atoms with Crippen LogP contribution < -0.4 is 20.7 Å². The first-order chi connectivity index (χ1) is 11.5. The molecule has 0 spiro atoms.